The lowest BCUT2D eigenvalue weighted by Crippen LogP contribution is -2.30. The molecule has 0 bridgehead atoms. The number of amides is 1. The second-order valence-corrected chi connectivity index (χ2v) is 6.83. The first-order chi connectivity index (χ1) is 12.0. The highest BCUT2D eigenvalue weighted by Gasteiger charge is 2.21. The molecular weight excluding hydrogens is 330 g/mol. The van der Waals surface area contributed by atoms with Crippen molar-refractivity contribution in [2.24, 2.45) is 0 Å². The number of nitrogens with one attached hydrogen (secondary N) is 2. The maximum Gasteiger partial charge on any atom is 0.227 e. The van der Waals surface area contributed by atoms with Crippen molar-refractivity contribution in [1.29, 1.82) is 0 Å². The lowest BCUT2D eigenvalue weighted by atomic mass is 10.1. The fourth-order valence-electron chi connectivity index (χ4n) is 2.95. The molecule has 4 nitrogen and oxygen atoms in total. The maximum absolute atomic E-state index is 11.8. The molecule has 1 aliphatic heterocycles. The SMILES string of the molecule is Cc1ccc([C@H](C)NC(=S)Nc2ccc(N3CCCC3=O)cc2)cc1. The van der Waals surface area contributed by atoms with Gasteiger partial charge < -0.3 is 15.5 Å². The smallest absolute Gasteiger partial charge is 0.227 e. The summed E-state index contributed by atoms with van der Waals surface area (Å²) >= 11 is 5.41. The van der Waals surface area contributed by atoms with Crippen LogP contribution in [0.15, 0.2) is 48.5 Å². The fourth-order valence-corrected chi connectivity index (χ4v) is 3.24. The van der Waals surface area contributed by atoms with Gasteiger partial charge >= 0.3 is 0 Å². The third kappa shape index (κ3) is 4.37. The van der Waals surface area contributed by atoms with Gasteiger partial charge in [-0.05, 0) is 62.3 Å². The molecule has 130 valence electrons. The van der Waals surface area contributed by atoms with Crippen molar-refractivity contribution in [3.63, 3.8) is 0 Å². The van der Waals surface area contributed by atoms with Crippen LogP contribution in [0.2, 0.25) is 0 Å². The van der Waals surface area contributed by atoms with Crippen molar-refractivity contribution < 1.29 is 4.79 Å². The molecule has 1 atom stereocenters. The highest BCUT2D eigenvalue weighted by atomic mass is 32.1. The van der Waals surface area contributed by atoms with E-state index in [4.69, 9.17) is 12.2 Å². The Balaban J connectivity index is 1.57. The molecule has 0 radical (unpaired) electrons. The zero-order valence-corrected chi connectivity index (χ0v) is 15.4. The van der Waals surface area contributed by atoms with Crippen molar-refractivity contribution in [1.82, 2.24) is 5.32 Å². The highest BCUT2D eigenvalue weighted by molar-refractivity contribution is 7.80. The molecule has 1 fully saturated rings. The largest absolute Gasteiger partial charge is 0.356 e. The van der Waals surface area contributed by atoms with E-state index in [0.717, 1.165) is 24.3 Å². The number of anilines is 2. The van der Waals surface area contributed by atoms with E-state index in [2.05, 4.69) is 48.7 Å². The van der Waals surface area contributed by atoms with Crippen LogP contribution in [0.1, 0.15) is 36.9 Å². The van der Waals surface area contributed by atoms with Crippen molar-refractivity contribution in [2.45, 2.75) is 32.7 Å². The van der Waals surface area contributed by atoms with Gasteiger partial charge in [0.25, 0.3) is 0 Å². The van der Waals surface area contributed by atoms with Crippen LogP contribution in [0.25, 0.3) is 0 Å². The van der Waals surface area contributed by atoms with E-state index in [1.54, 1.807) is 0 Å². The number of nitrogens with zero attached hydrogens (tertiary/aromatic N) is 1. The molecule has 3 rings (SSSR count). The van der Waals surface area contributed by atoms with Gasteiger partial charge in [-0.3, -0.25) is 4.79 Å². The minimum Gasteiger partial charge on any atom is -0.356 e. The van der Waals surface area contributed by atoms with E-state index >= 15 is 0 Å². The van der Waals surface area contributed by atoms with E-state index in [1.807, 2.05) is 29.2 Å². The summed E-state index contributed by atoms with van der Waals surface area (Å²) in [6, 6.07) is 16.4. The number of hydrogen-bond donors (Lipinski definition) is 2. The first-order valence-electron chi connectivity index (χ1n) is 8.57. The van der Waals surface area contributed by atoms with Gasteiger partial charge in [0.2, 0.25) is 5.91 Å². The molecule has 2 N–H and O–H groups in total. The van der Waals surface area contributed by atoms with Crippen LogP contribution >= 0.6 is 12.2 Å². The average molecular weight is 353 g/mol. The molecule has 1 heterocycles. The summed E-state index contributed by atoms with van der Waals surface area (Å²) in [5.41, 5.74) is 4.29. The molecule has 2 aromatic carbocycles. The number of hydrogen-bond acceptors (Lipinski definition) is 2. The number of carbonyl (C=O) groups excluding carboxylic acids is 1. The molecule has 0 aliphatic carbocycles. The third-order valence-corrected chi connectivity index (χ3v) is 4.66. The van der Waals surface area contributed by atoms with E-state index in [-0.39, 0.29) is 11.9 Å². The standard InChI is InChI=1S/C20H23N3OS/c1-14-5-7-16(8-6-14)15(2)21-20(25)22-17-9-11-18(12-10-17)23-13-3-4-19(23)24/h5-12,15H,3-4,13H2,1-2H3,(H2,21,22,25)/t15-/m0/s1. The Morgan fingerprint density at radius 1 is 1.12 bits per heavy atom. The van der Waals surface area contributed by atoms with Crippen LogP contribution in [0.5, 0.6) is 0 Å². The van der Waals surface area contributed by atoms with E-state index in [1.165, 1.54) is 11.1 Å². The molecule has 1 amide bonds. The zero-order chi connectivity index (χ0) is 17.8. The normalized spacial score (nSPS) is 15.1. The lowest BCUT2D eigenvalue weighted by molar-refractivity contribution is -0.117. The predicted octanol–water partition coefficient (Wildman–Crippen LogP) is 4.17. The molecule has 1 aliphatic rings. The Morgan fingerprint density at radius 3 is 2.40 bits per heavy atom. The summed E-state index contributed by atoms with van der Waals surface area (Å²) in [6.07, 6.45) is 1.58. The van der Waals surface area contributed by atoms with E-state index in [0.29, 0.717) is 11.5 Å². The third-order valence-electron chi connectivity index (χ3n) is 4.44. The summed E-state index contributed by atoms with van der Waals surface area (Å²) < 4.78 is 0. The molecule has 0 saturated carbocycles. The Hall–Kier alpha value is -2.40. The summed E-state index contributed by atoms with van der Waals surface area (Å²) in [7, 11) is 0. The van der Waals surface area contributed by atoms with Crippen LogP contribution in [0, 0.1) is 6.92 Å². The predicted molar refractivity (Wildman–Crippen MR) is 107 cm³/mol. The van der Waals surface area contributed by atoms with Gasteiger partial charge in [-0.15, -0.1) is 0 Å². The zero-order valence-electron chi connectivity index (χ0n) is 14.6. The van der Waals surface area contributed by atoms with Gasteiger partial charge in [0.1, 0.15) is 0 Å². The Labute approximate surface area is 154 Å². The van der Waals surface area contributed by atoms with Crippen molar-refractivity contribution in [2.75, 3.05) is 16.8 Å². The van der Waals surface area contributed by atoms with Crippen LogP contribution in [0.3, 0.4) is 0 Å². The molecule has 0 aromatic heterocycles. The summed E-state index contributed by atoms with van der Waals surface area (Å²) in [5, 5.41) is 7.08. The van der Waals surface area contributed by atoms with Crippen LogP contribution < -0.4 is 15.5 Å². The Kier molecular flexibility index (Phi) is 5.34. The Bertz CT molecular complexity index is 756. The second kappa shape index (κ2) is 7.66. The molecule has 0 spiro atoms. The molecular formula is C20H23N3OS. The van der Waals surface area contributed by atoms with Crippen molar-refractivity contribution >= 4 is 34.6 Å². The molecule has 0 unspecified atom stereocenters. The number of thiocarbonyl (C=S) groups is 1. The first-order valence-corrected chi connectivity index (χ1v) is 8.98. The van der Waals surface area contributed by atoms with Gasteiger partial charge in [0.05, 0.1) is 6.04 Å². The number of rotatable bonds is 4. The minimum absolute atomic E-state index is 0.127. The number of aryl methyl sites for hydroxylation is 1. The van der Waals surface area contributed by atoms with Crippen LogP contribution in [-0.4, -0.2) is 17.6 Å². The molecule has 1 saturated heterocycles. The van der Waals surface area contributed by atoms with Crippen LogP contribution in [0.4, 0.5) is 11.4 Å². The van der Waals surface area contributed by atoms with Gasteiger partial charge in [-0.25, -0.2) is 0 Å². The Morgan fingerprint density at radius 2 is 1.80 bits per heavy atom. The van der Waals surface area contributed by atoms with Gasteiger partial charge in [0, 0.05) is 24.3 Å². The summed E-state index contributed by atoms with van der Waals surface area (Å²) in [6.45, 7) is 4.97. The second-order valence-electron chi connectivity index (χ2n) is 6.43. The first kappa shape index (κ1) is 17.4. The monoisotopic (exact) mass is 353 g/mol. The topological polar surface area (TPSA) is 44.4 Å². The quantitative estimate of drug-likeness (QED) is 0.810. The van der Waals surface area contributed by atoms with Gasteiger partial charge in [-0.2, -0.15) is 0 Å². The number of carbonyl (C=O) groups is 1. The fraction of sp³-hybridized carbons (Fsp3) is 0.300. The van der Waals surface area contributed by atoms with Crippen LogP contribution in [-0.2, 0) is 4.79 Å². The summed E-state index contributed by atoms with van der Waals surface area (Å²) in [5.74, 6) is 0.199. The molecule has 5 heteroatoms. The van der Waals surface area contributed by atoms with Crippen molar-refractivity contribution in [3.05, 3.63) is 59.7 Å². The minimum atomic E-state index is 0.127. The molecule has 25 heavy (non-hydrogen) atoms. The van der Waals surface area contributed by atoms with Gasteiger partial charge in [-0.1, -0.05) is 29.8 Å². The summed E-state index contributed by atoms with van der Waals surface area (Å²) in [4.78, 5) is 13.6. The van der Waals surface area contributed by atoms with Gasteiger partial charge in [0.15, 0.2) is 5.11 Å². The van der Waals surface area contributed by atoms with Crippen molar-refractivity contribution in [3.8, 4) is 0 Å². The van der Waals surface area contributed by atoms with E-state index < -0.39 is 0 Å². The lowest BCUT2D eigenvalue weighted by Gasteiger charge is -2.19. The maximum atomic E-state index is 11.8. The average Bonchev–Trinajstić information content (AvgIpc) is 3.02. The highest BCUT2D eigenvalue weighted by Crippen LogP contribution is 2.23. The molecule has 2 aromatic rings. The van der Waals surface area contributed by atoms with E-state index in [9.17, 15) is 4.79 Å². The number of benzene rings is 2.